The van der Waals surface area contributed by atoms with E-state index in [1.54, 1.807) is 12.4 Å². The van der Waals surface area contributed by atoms with E-state index in [1.807, 2.05) is 24.3 Å². The van der Waals surface area contributed by atoms with Crippen LogP contribution in [0.15, 0.2) is 59.3 Å². The van der Waals surface area contributed by atoms with E-state index in [0.29, 0.717) is 0 Å². The maximum atomic E-state index is 5.96. The van der Waals surface area contributed by atoms with Gasteiger partial charge in [-0.2, -0.15) is 0 Å². The molecule has 1 aromatic carbocycles. The quantitative estimate of drug-likeness (QED) is 0.718. The van der Waals surface area contributed by atoms with Gasteiger partial charge in [-0.1, -0.05) is 18.2 Å². The van der Waals surface area contributed by atoms with Crippen molar-refractivity contribution in [2.45, 2.75) is 6.10 Å². The average molecular weight is 356 g/mol. The Kier molecular flexibility index (Phi) is 3.42. The number of hydrogen-bond acceptors (Lipinski definition) is 4. The van der Waals surface area contributed by atoms with Crippen LogP contribution >= 0.6 is 15.9 Å². The molecule has 0 bridgehead atoms. The van der Waals surface area contributed by atoms with Crippen LogP contribution in [0.2, 0.25) is 0 Å². The maximum absolute atomic E-state index is 5.96. The molecule has 0 spiro atoms. The molecule has 1 fully saturated rings. The second kappa shape index (κ2) is 5.57. The van der Waals surface area contributed by atoms with E-state index in [0.717, 1.165) is 34.6 Å². The third kappa shape index (κ3) is 2.52. The zero-order valence-electron chi connectivity index (χ0n) is 11.8. The molecule has 0 atom stereocenters. The maximum Gasteiger partial charge on any atom is 0.137 e. The summed E-state index contributed by atoms with van der Waals surface area (Å²) in [7, 11) is 0. The first-order valence-corrected chi connectivity index (χ1v) is 7.96. The van der Waals surface area contributed by atoms with Crippen LogP contribution in [-0.2, 0) is 0 Å². The highest BCUT2D eigenvalue weighted by Crippen LogP contribution is 2.28. The fourth-order valence-electron chi connectivity index (χ4n) is 2.57. The van der Waals surface area contributed by atoms with Crippen LogP contribution in [0, 0.1) is 0 Å². The summed E-state index contributed by atoms with van der Waals surface area (Å²) >= 11 is 3.45. The Morgan fingerprint density at radius 1 is 1.09 bits per heavy atom. The molecule has 0 aliphatic carbocycles. The Hall–Kier alpha value is -2.14. The second-order valence-corrected chi connectivity index (χ2v) is 6.17. The number of nitrogens with zero attached hydrogens (tertiary/aromatic N) is 3. The predicted octanol–water partition coefficient (Wildman–Crippen LogP) is 3.66. The van der Waals surface area contributed by atoms with Crippen LogP contribution in [0.3, 0.4) is 0 Å². The minimum absolute atomic E-state index is 0.187. The number of para-hydroxylation sites is 1. The number of halogens is 1. The van der Waals surface area contributed by atoms with Crippen molar-refractivity contribution in [3.05, 3.63) is 59.3 Å². The molecule has 5 heteroatoms. The standard InChI is InChI=1S/C17H14BrN3O/c18-14-9-19-8-7-16(14)22-13-10-21(11-13)17-6-5-12-3-1-2-4-15(12)20-17/h1-9,13H,10-11H2. The smallest absolute Gasteiger partial charge is 0.137 e. The fourth-order valence-corrected chi connectivity index (χ4v) is 2.91. The number of pyridine rings is 2. The highest BCUT2D eigenvalue weighted by atomic mass is 79.9. The Labute approximate surface area is 136 Å². The normalized spacial score (nSPS) is 14.9. The zero-order valence-corrected chi connectivity index (χ0v) is 13.4. The van der Waals surface area contributed by atoms with Gasteiger partial charge >= 0.3 is 0 Å². The number of rotatable bonds is 3. The van der Waals surface area contributed by atoms with Crippen molar-refractivity contribution in [1.29, 1.82) is 0 Å². The SMILES string of the molecule is Brc1cnccc1OC1CN(c2ccc3ccccc3n2)C1. The predicted molar refractivity (Wildman–Crippen MR) is 90.3 cm³/mol. The molecule has 4 nitrogen and oxygen atoms in total. The summed E-state index contributed by atoms with van der Waals surface area (Å²) in [5, 5.41) is 1.17. The Morgan fingerprint density at radius 3 is 2.82 bits per heavy atom. The van der Waals surface area contributed by atoms with Gasteiger partial charge in [0.05, 0.1) is 23.1 Å². The van der Waals surface area contributed by atoms with Crippen molar-refractivity contribution in [2.75, 3.05) is 18.0 Å². The first-order valence-electron chi connectivity index (χ1n) is 7.16. The number of anilines is 1. The molecular formula is C17H14BrN3O. The molecule has 2 aromatic heterocycles. The highest BCUT2D eigenvalue weighted by molar-refractivity contribution is 9.10. The van der Waals surface area contributed by atoms with Gasteiger partial charge in [-0.25, -0.2) is 4.98 Å². The van der Waals surface area contributed by atoms with Crippen molar-refractivity contribution in [3.8, 4) is 5.75 Å². The Balaban J connectivity index is 1.45. The van der Waals surface area contributed by atoms with E-state index in [1.165, 1.54) is 5.39 Å². The molecule has 1 aliphatic heterocycles. The molecule has 1 aliphatic rings. The van der Waals surface area contributed by atoms with Gasteiger partial charge in [-0.05, 0) is 40.2 Å². The molecule has 0 radical (unpaired) electrons. The molecule has 0 saturated carbocycles. The molecule has 22 heavy (non-hydrogen) atoms. The van der Waals surface area contributed by atoms with E-state index in [-0.39, 0.29) is 6.10 Å². The molecule has 1 saturated heterocycles. The van der Waals surface area contributed by atoms with Gasteiger partial charge in [0.2, 0.25) is 0 Å². The van der Waals surface area contributed by atoms with Crippen molar-refractivity contribution >= 4 is 32.7 Å². The van der Waals surface area contributed by atoms with Crippen molar-refractivity contribution in [2.24, 2.45) is 0 Å². The number of benzene rings is 1. The zero-order chi connectivity index (χ0) is 14.9. The highest BCUT2D eigenvalue weighted by Gasteiger charge is 2.30. The number of aromatic nitrogens is 2. The molecule has 4 rings (SSSR count). The van der Waals surface area contributed by atoms with Gasteiger partial charge in [0, 0.05) is 17.8 Å². The summed E-state index contributed by atoms with van der Waals surface area (Å²) in [6.45, 7) is 1.69. The Bertz CT molecular complexity index is 818. The van der Waals surface area contributed by atoms with Crippen molar-refractivity contribution < 1.29 is 4.74 Å². The van der Waals surface area contributed by atoms with E-state index < -0.39 is 0 Å². The molecule has 0 unspecified atom stereocenters. The third-order valence-electron chi connectivity index (χ3n) is 3.78. The van der Waals surface area contributed by atoms with Crippen molar-refractivity contribution in [3.63, 3.8) is 0 Å². The summed E-state index contributed by atoms with van der Waals surface area (Å²) in [6, 6.07) is 14.2. The lowest BCUT2D eigenvalue weighted by Crippen LogP contribution is -2.54. The van der Waals surface area contributed by atoms with Crippen molar-refractivity contribution in [1.82, 2.24) is 9.97 Å². The minimum Gasteiger partial charge on any atom is -0.485 e. The van der Waals surface area contributed by atoms with Gasteiger partial charge < -0.3 is 9.64 Å². The van der Waals surface area contributed by atoms with Gasteiger partial charge in [-0.15, -0.1) is 0 Å². The summed E-state index contributed by atoms with van der Waals surface area (Å²) in [4.78, 5) is 11.0. The van der Waals surface area contributed by atoms with Gasteiger partial charge in [-0.3, -0.25) is 4.98 Å². The molecule has 3 aromatic rings. The average Bonchev–Trinajstić information content (AvgIpc) is 2.51. The van der Waals surface area contributed by atoms with Crippen LogP contribution in [0.1, 0.15) is 0 Å². The van der Waals surface area contributed by atoms with Gasteiger partial charge in [0.15, 0.2) is 0 Å². The second-order valence-electron chi connectivity index (χ2n) is 5.31. The molecule has 3 heterocycles. The van der Waals surface area contributed by atoms with Crippen LogP contribution < -0.4 is 9.64 Å². The number of hydrogen-bond donors (Lipinski definition) is 0. The fraction of sp³-hybridized carbons (Fsp3) is 0.176. The van der Waals surface area contributed by atoms with E-state index in [9.17, 15) is 0 Å². The topological polar surface area (TPSA) is 38.2 Å². The summed E-state index contributed by atoms with van der Waals surface area (Å²) in [5.41, 5.74) is 1.03. The summed E-state index contributed by atoms with van der Waals surface area (Å²) < 4.78 is 6.85. The molecule has 0 amide bonds. The van der Waals surface area contributed by atoms with Crippen LogP contribution in [0.25, 0.3) is 10.9 Å². The van der Waals surface area contributed by atoms with E-state index in [2.05, 4.69) is 44.0 Å². The summed E-state index contributed by atoms with van der Waals surface area (Å²) in [5.74, 6) is 1.85. The number of ether oxygens (including phenoxy) is 1. The largest absolute Gasteiger partial charge is 0.485 e. The molecule has 0 N–H and O–H groups in total. The van der Waals surface area contributed by atoms with E-state index >= 15 is 0 Å². The third-order valence-corrected chi connectivity index (χ3v) is 4.38. The molecule has 110 valence electrons. The first kappa shape index (κ1) is 13.5. The summed E-state index contributed by atoms with van der Waals surface area (Å²) in [6.07, 6.45) is 3.67. The minimum atomic E-state index is 0.187. The lowest BCUT2D eigenvalue weighted by molar-refractivity contribution is 0.165. The number of fused-ring (bicyclic) bond motifs is 1. The van der Waals surface area contributed by atoms with Crippen LogP contribution in [0.5, 0.6) is 5.75 Å². The van der Waals surface area contributed by atoms with Gasteiger partial charge in [0.1, 0.15) is 17.7 Å². The van der Waals surface area contributed by atoms with E-state index in [4.69, 9.17) is 9.72 Å². The van der Waals surface area contributed by atoms with Crippen LogP contribution in [-0.4, -0.2) is 29.2 Å². The molecular weight excluding hydrogens is 342 g/mol. The van der Waals surface area contributed by atoms with Gasteiger partial charge in [0.25, 0.3) is 0 Å². The Morgan fingerprint density at radius 2 is 1.95 bits per heavy atom. The lowest BCUT2D eigenvalue weighted by atomic mass is 10.1. The van der Waals surface area contributed by atoms with Crippen LogP contribution in [0.4, 0.5) is 5.82 Å². The lowest BCUT2D eigenvalue weighted by Gasteiger charge is -2.40. The first-order chi connectivity index (χ1) is 10.8. The monoisotopic (exact) mass is 355 g/mol.